The summed E-state index contributed by atoms with van der Waals surface area (Å²) in [5, 5.41) is 9.02. The Morgan fingerprint density at radius 2 is 2.11 bits per heavy atom. The zero-order valence-electron chi connectivity index (χ0n) is 10.0. The number of unbranched alkanes of at least 4 members (excludes halogenated alkanes) is 1. The van der Waals surface area contributed by atoms with Crippen molar-refractivity contribution in [2.45, 2.75) is 12.8 Å². The fraction of sp³-hybridized carbons (Fsp3) is 0.455. The largest absolute Gasteiger partial charge is 0.495 e. The third kappa shape index (κ3) is 4.72. The fourth-order valence-corrected chi connectivity index (χ4v) is 2.72. The molecule has 1 aromatic rings. The van der Waals surface area contributed by atoms with Gasteiger partial charge in [-0.3, -0.25) is 4.72 Å². The van der Waals surface area contributed by atoms with Crippen LogP contribution in [0.2, 0.25) is 5.02 Å². The molecule has 1 rings (SSSR count). The van der Waals surface area contributed by atoms with Crippen LogP contribution in [0.1, 0.15) is 12.8 Å². The minimum atomic E-state index is -3.40. The van der Waals surface area contributed by atoms with Crippen molar-refractivity contribution in [3.63, 3.8) is 0 Å². The maximum atomic E-state index is 11.7. The molecule has 0 aliphatic heterocycles. The molecule has 0 aromatic heterocycles. The Bertz CT molecular complexity index is 490. The highest BCUT2D eigenvalue weighted by atomic mass is 35.5. The lowest BCUT2D eigenvalue weighted by atomic mass is 10.3. The summed E-state index contributed by atoms with van der Waals surface area (Å²) in [6.45, 7) is -0.00964. The van der Waals surface area contributed by atoms with Gasteiger partial charge in [-0.25, -0.2) is 8.42 Å². The van der Waals surface area contributed by atoms with E-state index >= 15 is 0 Å². The van der Waals surface area contributed by atoms with Gasteiger partial charge in [0.15, 0.2) is 0 Å². The Morgan fingerprint density at radius 1 is 1.39 bits per heavy atom. The van der Waals surface area contributed by atoms with Crippen molar-refractivity contribution in [2.75, 3.05) is 24.2 Å². The van der Waals surface area contributed by atoms with Gasteiger partial charge in [0.1, 0.15) is 5.75 Å². The molecule has 0 unspecified atom stereocenters. The number of hydrogen-bond acceptors (Lipinski definition) is 4. The number of anilines is 1. The van der Waals surface area contributed by atoms with E-state index in [4.69, 9.17) is 21.4 Å². The van der Waals surface area contributed by atoms with E-state index in [0.717, 1.165) is 0 Å². The van der Waals surface area contributed by atoms with E-state index in [1.54, 1.807) is 12.1 Å². The molecule has 102 valence electrons. The molecule has 0 fully saturated rings. The molecule has 1 aromatic carbocycles. The Kier molecular flexibility index (Phi) is 5.71. The maximum absolute atomic E-state index is 11.7. The van der Waals surface area contributed by atoms with Crippen LogP contribution in [0.3, 0.4) is 0 Å². The average Bonchev–Trinajstić information content (AvgIpc) is 2.31. The molecule has 0 atom stereocenters. The van der Waals surface area contributed by atoms with Crippen LogP contribution in [0.15, 0.2) is 18.2 Å². The predicted octanol–water partition coefficient (Wildman–Crippen LogP) is 1.86. The van der Waals surface area contributed by atoms with Crippen molar-refractivity contribution in [1.29, 1.82) is 0 Å². The van der Waals surface area contributed by atoms with Gasteiger partial charge in [-0.2, -0.15) is 0 Å². The molecule has 18 heavy (non-hydrogen) atoms. The van der Waals surface area contributed by atoms with Gasteiger partial charge in [-0.15, -0.1) is 0 Å². The van der Waals surface area contributed by atoms with Gasteiger partial charge in [0, 0.05) is 12.7 Å². The van der Waals surface area contributed by atoms with Gasteiger partial charge >= 0.3 is 0 Å². The van der Waals surface area contributed by atoms with Crippen molar-refractivity contribution in [1.82, 2.24) is 0 Å². The van der Waals surface area contributed by atoms with Crippen LogP contribution in [0, 0.1) is 0 Å². The summed E-state index contributed by atoms with van der Waals surface area (Å²) in [6.07, 6.45) is 0.876. The van der Waals surface area contributed by atoms with Crippen LogP contribution in [-0.4, -0.2) is 33.0 Å². The van der Waals surface area contributed by atoms with E-state index in [1.807, 2.05) is 0 Å². The Labute approximate surface area is 112 Å². The molecular weight excluding hydrogens is 278 g/mol. The standard InChI is InChI=1S/C11H16ClNO4S/c1-17-11-8-9(4-5-10(11)12)13-18(15,16)7-3-2-6-14/h4-5,8,13-14H,2-3,6-7H2,1H3. The Balaban J connectivity index is 2.72. The lowest BCUT2D eigenvalue weighted by molar-refractivity contribution is 0.287. The van der Waals surface area contributed by atoms with Crippen LogP contribution in [0.5, 0.6) is 5.75 Å². The third-order valence-corrected chi connectivity index (χ3v) is 3.93. The van der Waals surface area contributed by atoms with Crippen molar-refractivity contribution < 1.29 is 18.3 Å². The van der Waals surface area contributed by atoms with Crippen LogP contribution in [0.4, 0.5) is 5.69 Å². The van der Waals surface area contributed by atoms with Crippen molar-refractivity contribution in [3.8, 4) is 5.75 Å². The molecule has 0 bridgehead atoms. The summed E-state index contributed by atoms with van der Waals surface area (Å²) in [4.78, 5) is 0. The smallest absolute Gasteiger partial charge is 0.232 e. The number of halogens is 1. The first-order valence-corrected chi connectivity index (χ1v) is 7.46. The van der Waals surface area contributed by atoms with Crippen molar-refractivity contribution in [3.05, 3.63) is 23.2 Å². The number of hydrogen-bond donors (Lipinski definition) is 2. The predicted molar refractivity (Wildman–Crippen MR) is 71.7 cm³/mol. The fourth-order valence-electron chi connectivity index (χ4n) is 1.36. The lowest BCUT2D eigenvalue weighted by Gasteiger charge is -2.09. The SMILES string of the molecule is COc1cc(NS(=O)(=O)CCCCO)ccc1Cl. The monoisotopic (exact) mass is 293 g/mol. The molecular formula is C11H16ClNO4S. The summed E-state index contributed by atoms with van der Waals surface area (Å²) in [6, 6.07) is 4.65. The highest BCUT2D eigenvalue weighted by Crippen LogP contribution is 2.27. The highest BCUT2D eigenvalue weighted by molar-refractivity contribution is 7.92. The molecule has 0 spiro atoms. The second kappa shape index (κ2) is 6.82. The second-order valence-corrected chi connectivity index (χ2v) is 5.95. The molecule has 2 N–H and O–H groups in total. The van der Waals surface area contributed by atoms with E-state index in [-0.39, 0.29) is 12.4 Å². The molecule has 0 aliphatic rings. The Morgan fingerprint density at radius 3 is 2.72 bits per heavy atom. The van der Waals surface area contributed by atoms with Crippen LogP contribution in [0.25, 0.3) is 0 Å². The number of aliphatic hydroxyl groups excluding tert-OH is 1. The first-order chi connectivity index (χ1) is 8.48. The lowest BCUT2D eigenvalue weighted by Crippen LogP contribution is -2.16. The van der Waals surface area contributed by atoms with Crippen molar-refractivity contribution >= 4 is 27.3 Å². The molecule has 0 amide bonds. The zero-order valence-corrected chi connectivity index (χ0v) is 11.6. The second-order valence-electron chi connectivity index (χ2n) is 3.70. The minimum absolute atomic E-state index is 0.00964. The van der Waals surface area contributed by atoms with Gasteiger partial charge in [-0.1, -0.05) is 11.6 Å². The van der Waals surface area contributed by atoms with Crippen LogP contribution < -0.4 is 9.46 Å². The summed E-state index contributed by atoms with van der Waals surface area (Å²) < 4.78 is 30.8. The molecule has 5 nitrogen and oxygen atoms in total. The first kappa shape index (κ1) is 15.1. The normalized spacial score (nSPS) is 11.3. The van der Waals surface area contributed by atoms with Crippen molar-refractivity contribution in [2.24, 2.45) is 0 Å². The van der Waals surface area contributed by atoms with Gasteiger partial charge < -0.3 is 9.84 Å². The molecule has 0 radical (unpaired) electrons. The quantitative estimate of drug-likeness (QED) is 0.753. The number of benzene rings is 1. The summed E-state index contributed by atoms with van der Waals surface area (Å²) in [5.74, 6) is 0.380. The molecule has 0 saturated heterocycles. The molecule has 0 aliphatic carbocycles. The number of nitrogens with one attached hydrogen (secondary N) is 1. The summed E-state index contributed by atoms with van der Waals surface area (Å²) in [5.41, 5.74) is 0.403. The zero-order chi connectivity index (χ0) is 13.6. The molecule has 0 heterocycles. The van der Waals surface area contributed by atoms with E-state index in [9.17, 15) is 8.42 Å². The average molecular weight is 294 g/mol. The Hall–Kier alpha value is -0.980. The first-order valence-electron chi connectivity index (χ1n) is 5.43. The number of ether oxygens (including phenoxy) is 1. The van der Waals surface area contributed by atoms with E-state index in [1.165, 1.54) is 13.2 Å². The van der Waals surface area contributed by atoms with Crippen LogP contribution in [-0.2, 0) is 10.0 Å². The summed E-state index contributed by atoms with van der Waals surface area (Å²) in [7, 11) is -1.95. The number of aliphatic hydroxyl groups is 1. The van der Waals surface area contributed by atoms with E-state index in [0.29, 0.717) is 29.3 Å². The van der Waals surface area contributed by atoms with Crippen LogP contribution >= 0.6 is 11.6 Å². The minimum Gasteiger partial charge on any atom is -0.495 e. The summed E-state index contributed by atoms with van der Waals surface area (Å²) >= 11 is 5.84. The van der Waals surface area contributed by atoms with Gasteiger partial charge in [-0.05, 0) is 25.0 Å². The van der Waals surface area contributed by atoms with Gasteiger partial charge in [0.2, 0.25) is 10.0 Å². The maximum Gasteiger partial charge on any atom is 0.232 e. The number of sulfonamides is 1. The van der Waals surface area contributed by atoms with E-state index in [2.05, 4.69) is 4.72 Å². The highest BCUT2D eigenvalue weighted by Gasteiger charge is 2.11. The number of methoxy groups -OCH3 is 1. The molecule has 0 saturated carbocycles. The topological polar surface area (TPSA) is 75.6 Å². The van der Waals surface area contributed by atoms with Gasteiger partial charge in [0.25, 0.3) is 0 Å². The van der Waals surface area contributed by atoms with Gasteiger partial charge in [0.05, 0.1) is 23.6 Å². The third-order valence-electron chi connectivity index (χ3n) is 2.25. The molecule has 7 heteroatoms. The number of rotatable bonds is 7. The van der Waals surface area contributed by atoms with E-state index < -0.39 is 10.0 Å².